The number of carbonyl (C=O) groups excluding carboxylic acids is 2. The summed E-state index contributed by atoms with van der Waals surface area (Å²) in [4.78, 5) is 24.1. The molecule has 0 saturated carbocycles. The Hall–Kier alpha value is -2.44. The van der Waals surface area contributed by atoms with Gasteiger partial charge < -0.3 is 20.1 Å². The second kappa shape index (κ2) is 8.60. The normalized spacial score (nSPS) is 10.1. The van der Waals surface area contributed by atoms with Gasteiger partial charge in [0, 0.05) is 6.07 Å². The molecule has 0 spiro atoms. The summed E-state index contributed by atoms with van der Waals surface area (Å²) in [6, 6.07) is 9.76. The zero-order chi connectivity index (χ0) is 18.4. The molecular formula is C17H16Cl2N2O4. The molecule has 0 aliphatic rings. The van der Waals surface area contributed by atoms with E-state index in [0.717, 1.165) is 0 Å². The molecule has 0 fully saturated rings. The van der Waals surface area contributed by atoms with Gasteiger partial charge in [0.15, 0.2) is 0 Å². The van der Waals surface area contributed by atoms with Crippen molar-refractivity contribution in [1.29, 1.82) is 0 Å². The summed E-state index contributed by atoms with van der Waals surface area (Å²) in [7, 11) is 3.00. The summed E-state index contributed by atoms with van der Waals surface area (Å²) >= 11 is 11.9. The summed E-state index contributed by atoms with van der Waals surface area (Å²) in [5.41, 5.74) is 0.774. The number of nitrogens with one attached hydrogen (secondary N) is 2. The van der Waals surface area contributed by atoms with E-state index < -0.39 is 18.2 Å². The van der Waals surface area contributed by atoms with Crippen molar-refractivity contribution in [2.24, 2.45) is 0 Å². The first kappa shape index (κ1) is 18.9. The number of hydrogen-bond acceptors (Lipinski definition) is 4. The molecule has 0 unspecified atom stereocenters. The molecule has 2 N–H and O–H groups in total. The van der Waals surface area contributed by atoms with Gasteiger partial charge >= 0.3 is 0 Å². The molecule has 8 heteroatoms. The molecular weight excluding hydrogens is 367 g/mol. The Balaban J connectivity index is 2.00. The smallest absolute Gasteiger partial charge is 0.233 e. The summed E-state index contributed by atoms with van der Waals surface area (Å²) in [5.74, 6) is -0.0116. The van der Waals surface area contributed by atoms with Crippen LogP contribution in [0.25, 0.3) is 0 Å². The third-order valence-corrected chi connectivity index (χ3v) is 4.05. The molecule has 0 aliphatic heterocycles. The van der Waals surface area contributed by atoms with Crippen LogP contribution in [-0.4, -0.2) is 26.0 Å². The Morgan fingerprint density at radius 2 is 1.64 bits per heavy atom. The van der Waals surface area contributed by atoms with Crippen molar-refractivity contribution in [2.45, 2.75) is 6.42 Å². The molecule has 2 aromatic rings. The lowest BCUT2D eigenvalue weighted by Gasteiger charge is -2.12. The molecule has 0 aliphatic carbocycles. The second-order valence-electron chi connectivity index (χ2n) is 4.94. The Morgan fingerprint density at radius 3 is 2.28 bits per heavy atom. The quantitative estimate of drug-likeness (QED) is 0.740. The fourth-order valence-electron chi connectivity index (χ4n) is 2.04. The minimum Gasteiger partial charge on any atom is -0.497 e. The minimum absolute atomic E-state index is 0.217. The third-order valence-electron chi connectivity index (χ3n) is 3.23. The minimum atomic E-state index is -0.519. The highest BCUT2D eigenvalue weighted by atomic mass is 35.5. The van der Waals surface area contributed by atoms with Crippen LogP contribution in [0, 0.1) is 0 Å². The van der Waals surface area contributed by atoms with E-state index >= 15 is 0 Å². The van der Waals surface area contributed by atoms with E-state index in [9.17, 15) is 9.59 Å². The van der Waals surface area contributed by atoms with E-state index in [1.807, 2.05) is 0 Å². The van der Waals surface area contributed by atoms with Gasteiger partial charge in [-0.25, -0.2) is 0 Å². The fraction of sp³-hybridized carbons (Fsp3) is 0.176. The Bertz CT molecular complexity index is 796. The number of rotatable bonds is 6. The number of halogens is 2. The van der Waals surface area contributed by atoms with Crippen molar-refractivity contribution in [3.05, 3.63) is 46.4 Å². The molecule has 2 amide bonds. The van der Waals surface area contributed by atoms with Crippen molar-refractivity contribution >= 4 is 46.4 Å². The van der Waals surface area contributed by atoms with Gasteiger partial charge in [0.1, 0.15) is 17.9 Å². The highest BCUT2D eigenvalue weighted by molar-refractivity contribution is 6.44. The SMILES string of the molecule is COc1ccc(NC(=O)CC(=O)Nc2cccc(Cl)c2Cl)c(OC)c1. The second-order valence-corrected chi connectivity index (χ2v) is 5.73. The molecule has 0 saturated heterocycles. The zero-order valence-electron chi connectivity index (χ0n) is 13.6. The van der Waals surface area contributed by atoms with Crippen molar-refractivity contribution in [2.75, 3.05) is 24.9 Å². The lowest BCUT2D eigenvalue weighted by Crippen LogP contribution is -2.21. The lowest BCUT2D eigenvalue weighted by molar-refractivity contribution is -0.123. The average Bonchev–Trinajstić information content (AvgIpc) is 2.59. The molecule has 0 heterocycles. The van der Waals surface area contributed by atoms with Crippen LogP contribution in [0.1, 0.15) is 6.42 Å². The molecule has 0 bridgehead atoms. The Labute approximate surface area is 155 Å². The monoisotopic (exact) mass is 382 g/mol. The van der Waals surface area contributed by atoms with Crippen molar-refractivity contribution in [1.82, 2.24) is 0 Å². The topological polar surface area (TPSA) is 76.7 Å². The highest BCUT2D eigenvalue weighted by Crippen LogP contribution is 2.30. The standard InChI is InChI=1S/C17H16Cl2N2O4/c1-24-10-6-7-12(14(8-10)25-2)20-15(22)9-16(23)21-13-5-3-4-11(18)17(13)19/h3-8H,9H2,1-2H3,(H,20,22)(H,21,23). The van der Waals surface area contributed by atoms with Gasteiger partial charge in [0.05, 0.1) is 35.6 Å². The molecule has 2 rings (SSSR count). The molecule has 25 heavy (non-hydrogen) atoms. The van der Waals surface area contributed by atoms with Crippen molar-refractivity contribution in [3.63, 3.8) is 0 Å². The van der Waals surface area contributed by atoms with Crippen LogP contribution in [0.4, 0.5) is 11.4 Å². The molecule has 132 valence electrons. The number of methoxy groups -OCH3 is 2. The van der Waals surface area contributed by atoms with E-state index in [2.05, 4.69) is 10.6 Å². The third kappa shape index (κ3) is 5.01. The van der Waals surface area contributed by atoms with Crippen LogP contribution < -0.4 is 20.1 Å². The number of benzene rings is 2. The fourth-order valence-corrected chi connectivity index (χ4v) is 2.38. The van der Waals surface area contributed by atoms with E-state index in [4.69, 9.17) is 32.7 Å². The van der Waals surface area contributed by atoms with Crippen LogP contribution in [-0.2, 0) is 9.59 Å². The summed E-state index contributed by atoms with van der Waals surface area (Å²) < 4.78 is 10.3. The van der Waals surface area contributed by atoms with Gasteiger partial charge in [-0.15, -0.1) is 0 Å². The number of hydrogen-bond donors (Lipinski definition) is 2. The zero-order valence-corrected chi connectivity index (χ0v) is 15.1. The molecule has 0 atom stereocenters. The first-order valence-electron chi connectivity index (χ1n) is 7.20. The van der Waals surface area contributed by atoms with Crippen LogP contribution in [0.15, 0.2) is 36.4 Å². The number of carbonyl (C=O) groups is 2. The molecule has 0 radical (unpaired) electrons. The Morgan fingerprint density at radius 1 is 0.960 bits per heavy atom. The van der Waals surface area contributed by atoms with Gasteiger partial charge in [-0.2, -0.15) is 0 Å². The van der Waals surface area contributed by atoms with E-state index in [1.165, 1.54) is 14.2 Å². The molecule has 2 aromatic carbocycles. The van der Waals surface area contributed by atoms with Gasteiger partial charge in [-0.3, -0.25) is 9.59 Å². The van der Waals surface area contributed by atoms with E-state index in [0.29, 0.717) is 27.9 Å². The largest absolute Gasteiger partial charge is 0.497 e. The summed E-state index contributed by atoms with van der Waals surface area (Å²) in [6.07, 6.45) is -0.391. The summed E-state index contributed by atoms with van der Waals surface area (Å²) in [5, 5.41) is 5.69. The van der Waals surface area contributed by atoms with E-state index in [1.54, 1.807) is 36.4 Å². The number of ether oxygens (including phenoxy) is 2. The average molecular weight is 383 g/mol. The van der Waals surface area contributed by atoms with Gasteiger partial charge in [-0.05, 0) is 24.3 Å². The maximum absolute atomic E-state index is 12.1. The summed E-state index contributed by atoms with van der Waals surface area (Å²) in [6.45, 7) is 0. The maximum Gasteiger partial charge on any atom is 0.233 e. The first-order chi connectivity index (χ1) is 11.9. The van der Waals surface area contributed by atoms with Crippen LogP contribution in [0.5, 0.6) is 11.5 Å². The van der Waals surface area contributed by atoms with Crippen LogP contribution >= 0.6 is 23.2 Å². The lowest BCUT2D eigenvalue weighted by atomic mass is 10.2. The van der Waals surface area contributed by atoms with Crippen molar-refractivity contribution < 1.29 is 19.1 Å². The molecule has 0 aromatic heterocycles. The van der Waals surface area contributed by atoms with Gasteiger partial charge in [0.2, 0.25) is 11.8 Å². The van der Waals surface area contributed by atoms with Crippen LogP contribution in [0.3, 0.4) is 0 Å². The number of amides is 2. The highest BCUT2D eigenvalue weighted by Gasteiger charge is 2.14. The predicted molar refractivity (Wildman–Crippen MR) is 97.9 cm³/mol. The predicted octanol–water partition coefficient (Wildman–Crippen LogP) is 3.98. The van der Waals surface area contributed by atoms with Crippen LogP contribution in [0.2, 0.25) is 10.0 Å². The van der Waals surface area contributed by atoms with E-state index in [-0.39, 0.29) is 5.02 Å². The first-order valence-corrected chi connectivity index (χ1v) is 7.96. The van der Waals surface area contributed by atoms with Gasteiger partial charge in [-0.1, -0.05) is 29.3 Å². The van der Waals surface area contributed by atoms with Crippen molar-refractivity contribution in [3.8, 4) is 11.5 Å². The molecule has 6 nitrogen and oxygen atoms in total. The Kier molecular flexibility index (Phi) is 6.50. The number of anilines is 2. The van der Waals surface area contributed by atoms with Gasteiger partial charge in [0.25, 0.3) is 0 Å². The maximum atomic E-state index is 12.1.